The molecule has 0 radical (unpaired) electrons. The van der Waals surface area contributed by atoms with Crippen molar-refractivity contribution in [1.82, 2.24) is 14.6 Å². The van der Waals surface area contributed by atoms with Gasteiger partial charge in [-0.05, 0) is 32.4 Å². The highest BCUT2D eigenvalue weighted by atomic mass is 16.1. The maximum atomic E-state index is 11.0. The molecule has 2 heterocycles. The topological polar surface area (TPSA) is 85.3 Å². The van der Waals surface area contributed by atoms with Crippen LogP contribution in [-0.4, -0.2) is 26.0 Å². The number of nitrogens with one attached hydrogen (secondary N) is 1. The fourth-order valence-corrected chi connectivity index (χ4v) is 1.82. The first-order chi connectivity index (χ1) is 8.35. The van der Waals surface area contributed by atoms with Gasteiger partial charge in [-0.1, -0.05) is 6.07 Å². The summed E-state index contributed by atoms with van der Waals surface area (Å²) in [5.74, 6) is 0.138. The third-order valence-corrected chi connectivity index (χ3v) is 2.55. The Hall–Kier alpha value is -2.11. The van der Waals surface area contributed by atoms with E-state index in [0.717, 1.165) is 11.2 Å². The summed E-state index contributed by atoms with van der Waals surface area (Å²) in [5, 5.41) is 7.42. The normalized spacial score (nSPS) is 11.7. The maximum absolute atomic E-state index is 11.0. The van der Waals surface area contributed by atoms with Crippen LogP contribution in [0.25, 0.3) is 5.65 Å². The average Bonchev–Trinajstić information content (AvgIpc) is 2.55. The van der Waals surface area contributed by atoms with Crippen molar-refractivity contribution in [3.8, 4) is 0 Å². The van der Waals surface area contributed by atoms with Crippen molar-refractivity contribution >= 4 is 17.5 Å². The summed E-state index contributed by atoms with van der Waals surface area (Å²) in [6, 6.07) is 3.87. The number of nitrogens with two attached hydrogens (primary N) is 1. The Morgan fingerprint density at radius 3 is 2.89 bits per heavy atom. The van der Waals surface area contributed by atoms with Gasteiger partial charge in [0.2, 0.25) is 11.9 Å². The van der Waals surface area contributed by atoms with Gasteiger partial charge in [0.15, 0.2) is 5.65 Å². The smallest absolute Gasteiger partial charge is 0.243 e. The SMILES string of the molecule is Cc1ccc2nc(NC(C)(C)CC(N)=O)nn2c1. The van der Waals surface area contributed by atoms with Crippen molar-refractivity contribution in [2.45, 2.75) is 32.7 Å². The monoisotopic (exact) mass is 247 g/mol. The molecule has 0 fully saturated rings. The molecule has 6 heteroatoms. The van der Waals surface area contributed by atoms with Crippen molar-refractivity contribution in [2.75, 3.05) is 5.32 Å². The lowest BCUT2D eigenvalue weighted by Crippen LogP contribution is -2.36. The lowest BCUT2D eigenvalue weighted by molar-refractivity contribution is -0.118. The Balaban J connectivity index is 2.24. The highest BCUT2D eigenvalue weighted by Crippen LogP contribution is 2.15. The van der Waals surface area contributed by atoms with E-state index in [2.05, 4.69) is 15.4 Å². The van der Waals surface area contributed by atoms with E-state index >= 15 is 0 Å². The molecular weight excluding hydrogens is 230 g/mol. The molecule has 0 saturated carbocycles. The fraction of sp³-hybridized carbons (Fsp3) is 0.417. The lowest BCUT2D eigenvalue weighted by atomic mass is 10.0. The van der Waals surface area contributed by atoms with Crippen LogP contribution in [0.5, 0.6) is 0 Å². The summed E-state index contributed by atoms with van der Waals surface area (Å²) in [4.78, 5) is 15.3. The van der Waals surface area contributed by atoms with Crippen molar-refractivity contribution in [2.24, 2.45) is 5.73 Å². The number of nitrogens with zero attached hydrogens (tertiary/aromatic N) is 3. The summed E-state index contributed by atoms with van der Waals surface area (Å²) in [6.07, 6.45) is 2.12. The number of aryl methyl sites for hydroxylation is 1. The molecule has 96 valence electrons. The Bertz CT molecular complexity index is 587. The number of amides is 1. The minimum absolute atomic E-state index is 0.224. The molecule has 0 aliphatic heterocycles. The molecule has 0 aliphatic rings. The van der Waals surface area contributed by atoms with Gasteiger partial charge in [0.1, 0.15) is 0 Å². The van der Waals surface area contributed by atoms with Crippen molar-refractivity contribution in [1.29, 1.82) is 0 Å². The van der Waals surface area contributed by atoms with E-state index in [1.807, 2.05) is 39.1 Å². The molecule has 0 saturated heterocycles. The van der Waals surface area contributed by atoms with Crippen LogP contribution >= 0.6 is 0 Å². The molecule has 1 amide bonds. The van der Waals surface area contributed by atoms with Gasteiger partial charge in [0.05, 0.1) is 0 Å². The van der Waals surface area contributed by atoms with Crippen LogP contribution in [0, 0.1) is 6.92 Å². The first kappa shape index (κ1) is 12.3. The molecule has 0 aliphatic carbocycles. The Morgan fingerprint density at radius 2 is 2.22 bits per heavy atom. The van der Waals surface area contributed by atoms with Crippen LogP contribution in [-0.2, 0) is 4.79 Å². The molecular formula is C12H17N5O. The van der Waals surface area contributed by atoms with Crippen LogP contribution in [0.1, 0.15) is 25.8 Å². The van der Waals surface area contributed by atoms with Gasteiger partial charge in [-0.2, -0.15) is 4.98 Å². The molecule has 3 N–H and O–H groups in total. The van der Waals surface area contributed by atoms with Crippen LogP contribution < -0.4 is 11.1 Å². The minimum Gasteiger partial charge on any atom is -0.370 e. The number of fused-ring (bicyclic) bond motifs is 1. The van der Waals surface area contributed by atoms with Crippen molar-refractivity contribution in [3.63, 3.8) is 0 Å². The van der Waals surface area contributed by atoms with Gasteiger partial charge < -0.3 is 11.1 Å². The van der Waals surface area contributed by atoms with Crippen molar-refractivity contribution in [3.05, 3.63) is 23.9 Å². The highest BCUT2D eigenvalue weighted by Gasteiger charge is 2.22. The highest BCUT2D eigenvalue weighted by molar-refractivity contribution is 5.75. The number of hydrogen-bond donors (Lipinski definition) is 2. The zero-order valence-electron chi connectivity index (χ0n) is 10.8. The maximum Gasteiger partial charge on any atom is 0.243 e. The lowest BCUT2D eigenvalue weighted by Gasteiger charge is -2.23. The molecule has 0 unspecified atom stereocenters. The predicted octanol–water partition coefficient (Wildman–Crippen LogP) is 1.10. The van der Waals surface area contributed by atoms with E-state index in [9.17, 15) is 4.79 Å². The van der Waals surface area contributed by atoms with Gasteiger partial charge in [-0.3, -0.25) is 4.79 Å². The third kappa shape index (κ3) is 2.77. The number of primary amides is 1. The second-order valence-electron chi connectivity index (χ2n) is 5.10. The summed E-state index contributed by atoms with van der Waals surface area (Å²) in [7, 11) is 0. The molecule has 0 spiro atoms. The van der Waals surface area contributed by atoms with Gasteiger partial charge in [-0.25, -0.2) is 4.52 Å². The van der Waals surface area contributed by atoms with E-state index in [-0.39, 0.29) is 12.3 Å². The molecule has 0 aromatic carbocycles. The van der Waals surface area contributed by atoms with Crippen LogP contribution in [0.4, 0.5) is 5.95 Å². The Morgan fingerprint density at radius 1 is 1.50 bits per heavy atom. The molecule has 2 rings (SSSR count). The average molecular weight is 247 g/mol. The minimum atomic E-state index is -0.466. The number of carbonyl (C=O) groups excluding carboxylic acids is 1. The van der Waals surface area contributed by atoms with E-state index in [4.69, 9.17) is 5.73 Å². The van der Waals surface area contributed by atoms with Crippen LogP contribution in [0.2, 0.25) is 0 Å². The molecule has 2 aromatic rings. The molecule has 6 nitrogen and oxygen atoms in total. The number of anilines is 1. The summed E-state index contributed by atoms with van der Waals surface area (Å²) >= 11 is 0. The largest absolute Gasteiger partial charge is 0.370 e. The standard InChI is InChI=1S/C12H17N5O/c1-8-4-5-10-14-11(16-17(10)7-8)15-12(2,3)6-9(13)18/h4-5,7H,6H2,1-3H3,(H2,13,18)(H,15,16). The molecule has 0 atom stereocenters. The molecule has 18 heavy (non-hydrogen) atoms. The van der Waals surface area contributed by atoms with E-state index in [1.165, 1.54) is 0 Å². The first-order valence-corrected chi connectivity index (χ1v) is 5.75. The quantitative estimate of drug-likeness (QED) is 0.847. The van der Waals surface area contributed by atoms with Gasteiger partial charge in [0, 0.05) is 18.2 Å². The summed E-state index contributed by atoms with van der Waals surface area (Å²) < 4.78 is 1.71. The van der Waals surface area contributed by atoms with Crippen molar-refractivity contribution < 1.29 is 4.79 Å². The number of pyridine rings is 1. The second-order valence-corrected chi connectivity index (χ2v) is 5.10. The van der Waals surface area contributed by atoms with Crippen LogP contribution in [0.3, 0.4) is 0 Å². The third-order valence-electron chi connectivity index (χ3n) is 2.55. The van der Waals surface area contributed by atoms with E-state index < -0.39 is 5.54 Å². The van der Waals surface area contributed by atoms with E-state index in [0.29, 0.717) is 5.95 Å². The molecule has 0 bridgehead atoms. The van der Waals surface area contributed by atoms with Crippen LogP contribution in [0.15, 0.2) is 18.3 Å². The molecule has 2 aromatic heterocycles. The fourth-order valence-electron chi connectivity index (χ4n) is 1.82. The van der Waals surface area contributed by atoms with Gasteiger partial charge in [0.25, 0.3) is 0 Å². The number of carbonyl (C=O) groups is 1. The second kappa shape index (κ2) is 4.29. The van der Waals surface area contributed by atoms with Gasteiger partial charge >= 0.3 is 0 Å². The predicted molar refractivity (Wildman–Crippen MR) is 69.2 cm³/mol. The Kier molecular flexibility index (Phi) is 2.94. The zero-order chi connectivity index (χ0) is 13.3. The number of rotatable bonds is 4. The number of aromatic nitrogens is 3. The Labute approximate surface area is 105 Å². The first-order valence-electron chi connectivity index (χ1n) is 5.75. The summed E-state index contributed by atoms with van der Waals surface area (Å²) in [6.45, 7) is 5.76. The number of hydrogen-bond acceptors (Lipinski definition) is 4. The van der Waals surface area contributed by atoms with E-state index in [1.54, 1.807) is 4.52 Å². The van der Waals surface area contributed by atoms with Gasteiger partial charge in [-0.15, -0.1) is 5.10 Å². The summed E-state index contributed by atoms with van der Waals surface area (Å²) in [5.41, 5.74) is 6.60. The zero-order valence-corrected chi connectivity index (χ0v) is 10.8.